The van der Waals surface area contributed by atoms with E-state index in [0.717, 1.165) is 0 Å². The average molecular weight is 182 g/mol. The van der Waals surface area contributed by atoms with Crippen molar-refractivity contribution in [1.29, 1.82) is 0 Å². The van der Waals surface area contributed by atoms with Crippen LogP contribution in [0.3, 0.4) is 0 Å². The van der Waals surface area contributed by atoms with Crippen LogP contribution in [-0.2, 0) is 26.3 Å². The molecular weight excluding hydrogens is 182 g/mol. The predicted octanol–water partition coefficient (Wildman–Crippen LogP) is -5.82. The third-order valence-electron chi connectivity index (χ3n) is 0. The molecular formula is KO4PTi. The van der Waals surface area contributed by atoms with Gasteiger partial charge in [0.2, 0.25) is 0 Å². The van der Waals surface area contributed by atoms with Gasteiger partial charge in [-0.05, 0) is 0 Å². The molecule has 0 unspecified atom stereocenters. The second kappa shape index (κ2) is 6.58. The van der Waals surface area contributed by atoms with Crippen LogP contribution in [0.25, 0.3) is 0 Å². The summed E-state index contributed by atoms with van der Waals surface area (Å²) in [5.74, 6) is 0. The van der Waals surface area contributed by atoms with E-state index in [1.165, 1.54) is 0 Å². The van der Waals surface area contributed by atoms with Gasteiger partial charge in [-0.1, -0.05) is 0 Å². The molecule has 0 aromatic rings. The van der Waals surface area contributed by atoms with E-state index in [1.54, 1.807) is 0 Å². The van der Waals surface area contributed by atoms with E-state index in [9.17, 15) is 0 Å². The Morgan fingerprint density at radius 1 is 1.14 bits per heavy atom. The van der Waals surface area contributed by atoms with Crippen LogP contribution < -0.4 is 66.1 Å². The van der Waals surface area contributed by atoms with Gasteiger partial charge in [0.1, 0.15) is 0 Å². The van der Waals surface area contributed by atoms with Crippen molar-refractivity contribution in [3.63, 3.8) is 0 Å². The molecule has 0 rings (SSSR count). The van der Waals surface area contributed by atoms with Crippen LogP contribution in [0, 0.1) is 0 Å². The van der Waals surface area contributed by atoms with Gasteiger partial charge in [0.15, 0.2) is 0 Å². The minimum Gasteiger partial charge on any atom is -0.822 e. The maximum absolute atomic E-state index is 8.55. The quantitative estimate of drug-likeness (QED) is 0.275. The maximum Gasteiger partial charge on any atom is 2.00 e. The molecule has 0 aromatic heterocycles. The molecule has 0 atom stereocenters. The Morgan fingerprint density at radius 3 is 1.14 bits per heavy atom. The summed E-state index contributed by atoms with van der Waals surface area (Å²) in [5.41, 5.74) is 0. The van der Waals surface area contributed by atoms with Gasteiger partial charge in [0.25, 0.3) is 0 Å². The second-order valence-corrected chi connectivity index (χ2v) is 1.34. The van der Waals surface area contributed by atoms with E-state index in [2.05, 4.69) is 0 Å². The van der Waals surface area contributed by atoms with Gasteiger partial charge in [-0.25, -0.2) is 0 Å². The van der Waals surface area contributed by atoms with Gasteiger partial charge in [-0.15, -0.1) is 0 Å². The van der Waals surface area contributed by atoms with Crippen LogP contribution in [0.2, 0.25) is 0 Å². The standard InChI is InChI=1S/K.H3O4P.Ti/c;1-5(2,3)4;/h;(H3,1,2,3,4);/q+1;;+2/p-3. The third kappa shape index (κ3) is 58.3. The summed E-state index contributed by atoms with van der Waals surface area (Å²) >= 11 is 0. The normalized spacial score (nSPS) is 8.43. The van der Waals surface area contributed by atoms with E-state index in [-0.39, 0.29) is 73.1 Å². The Balaban J connectivity index is -0.0000000800. The molecule has 0 radical (unpaired) electrons. The van der Waals surface area contributed by atoms with E-state index in [1.807, 2.05) is 0 Å². The van der Waals surface area contributed by atoms with Crippen molar-refractivity contribution in [3.8, 4) is 0 Å². The molecule has 0 saturated carbocycles. The first-order valence-corrected chi connectivity index (χ1v) is 2.19. The molecule has 0 aliphatic heterocycles. The van der Waals surface area contributed by atoms with E-state index in [4.69, 9.17) is 19.2 Å². The summed E-state index contributed by atoms with van der Waals surface area (Å²) in [4.78, 5) is 25.6. The molecule has 0 aromatic carbocycles. The first kappa shape index (κ1) is 16.2. The van der Waals surface area contributed by atoms with Gasteiger partial charge in [-0.2, -0.15) is 7.82 Å². The van der Waals surface area contributed by atoms with Crippen molar-refractivity contribution in [3.05, 3.63) is 0 Å². The molecule has 0 heterocycles. The Kier molecular flexibility index (Phi) is 15.2. The minimum atomic E-state index is -5.39. The molecule has 0 N–H and O–H groups in total. The Bertz CT molecular complexity index is 57.8. The number of rotatable bonds is 0. The summed E-state index contributed by atoms with van der Waals surface area (Å²) < 4.78 is 8.55. The number of hydrogen-bond donors (Lipinski definition) is 0. The molecule has 34 valence electrons. The first-order valence-electron chi connectivity index (χ1n) is 0.730. The van der Waals surface area contributed by atoms with Gasteiger partial charge in [-0.3, -0.25) is 0 Å². The molecule has 0 aliphatic carbocycles. The van der Waals surface area contributed by atoms with Crippen LogP contribution in [0.4, 0.5) is 0 Å². The van der Waals surface area contributed by atoms with Crippen molar-refractivity contribution in [1.82, 2.24) is 0 Å². The second-order valence-electron chi connectivity index (χ2n) is 0.447. The SMILES string of the molecule is O=P([O-])([O-])[O-].[K+].[Ti+2]. The van der Waals surface area contributed by atoms with Gasteiger partial charge < -0.3 is 19.2 Å². The minimum absolute atomic E-state index is 0. The van der Waals surface area contributed by atoms with E-state index >= 15 is 0 Å². The maximum atomic E-state index is 8.55. The van der Waals surface area contributed by atoms with Crippen molar-refractivity contribution in [2.45, 2.75) is 0 Å². The van der Waals surface area contributed by atoms with Crippen LogP contribution in [0.5, 0.6) is 0 Å². The Hall–Kier alpha value is 2.46. The molecule has 0 bridgehead atoms. The fourth-order valence-electron chi connectivity index (χ4n) is 0. The van der Waals surface area contributed by atoms with Crippen LogP contribution in [0.1, 0.15) is 0 Å². The predicted molar refractivity (Wildman–Crippen MR) is 7.61 cm³/mol. The van der Waals surface area contributed by atoms with E-state index in [0.29, 0.717) is 0 Å². The average Bonchev–Trinajstić information content (AvgIpc) is 0.722. The molecule has 0 fully saturated rings. The summed E-state index contributed by atoms with van der Waals surface area (Å²) in [5, 5.41) is 0. The molecule has 7 heteroatoms. The monoisotopic (exact) mass is 182 g/mol. The zero-order valence-electron chi connectivity index (χ0n) is 3.58. The van der Waals surface area contributed by atoms with Crippen LogP contribution in [-0.4, -0.2) is 0 Å². The molecule has 0 spiro atoms. The summed E-state index contributed by atoms with van der Waals surface area (Å²) in [6.07, 6.45) is 0. The molecule has 0 amide bonds. The van der Waals surface area contributed by atoms with Crippen molar-refractivity contribution < 1.29 is 92.3 Å². The van der Waals surface area contributed by atoms with Crippen molar-refractivity contribution in [2.24, 2.45) is 0 Å². The van der Waals surface area contributed by atoms with Crippen molar-refractivity contribution >= 4 is 7.82 Å². The van der Waals surface area contributed by atoms with Gasteiger partial charge in [0.05, 0.1) is 0 Å². The molecule has 7 heavy (non-hydrogen) atoms. The molecule has 0 aliphatic rings. The zero-order valence-corrected chi connectivity index (χ0v) is 9.16. The molecule has 0 saturated heterocycles. The summed E-state index contributed by atoms with van der Waals surface area (Å²) in [6, 6.07) is 0. The third-order valence-corrected chi connectivity index (χ3v) is 0. The molecule has 4 nitrogen and oxygen atoms in total. The Morgan fingerprint density at radius 2 is 1.14 bits per heavy atom. The topological polar surface area (TPSA) is 86.2 Å². The fraction of sp³-hybridized carbons (Fsp3) is 0. The smallest absolute Gasteiger partial charge is 0.822 e. The fourth-order valence-corrected chi connectivity index (χ4v) is 0. The Labute approximate surface area is 98.2 Å². The first-order chi connectivity index (χ1) is 2.00. The van der Waals surface area contributed by atoms with Crippen LogP contribution >= 0.6 is 7.82 Å². The van der Waals surface area contributed by atoms with Crippen molar-refractivity contribution in [2.75, 3.05) is 0 Å². The summed E-state index contributed by atoms with van der Waals surface area (Å²) in [7, 11) is -5.39. The largest absolute Gasteiger partial charge is 2.00 e. The number of phosphoric acid groups is 1. The van der Waals surface area contributed by atoms with E-state index < -0.39 is 7.82 Å². The van der Waals surface area contributed by atoms with Gasteiger partial charge in [0, 0.05) is 0 Å². The van der Waals surface area contributed by atoms with Crippen LogP contribution in [0.15, 0.2) is 0 Å². The summed E-state index contributed by atoms with van der Waals surface area (Å²) in [6.45, 7) is 0. The number of hydrogen-bond acceptors (Lipinski definition) is 4. The van der Waals surface area contributed by atoms with Gasteiger partial charge >= 0.3 is 73.1 Å². The zero-order chi connectivity index (χ0) is 4.50.